The zero-order chi connectivity index (χ0) is 12.3. The third-order valence-electron chi connectivity index (χ3n) is 2.36. The predicted molar refractivity (Wildman–Crippen MR) is 68.1 cm³/mol. The lowest BCUT2D eigenvalue weighted by Crippen LogP contribution is -2.00. The number of nitrogens with one attached hydrogen (secondary N) is 1. The summed E-state index contributed by atoms with van der Waals surface area (Å²) < 4.78 is 5.19. The first-order chi connectivity index (χ1) is 8.22. The Kier molecular flexibility index (Phi) is 3.44. The highest BCUT2D eigenvalue weighted by Gasteiger charge is 2.10. The Hall–Kier alpha value is -1.81. The van der Waals surface area contributed by atoms with Crippen molar-refractivity contribution in [3.63, 3.8) is 0 Å². The molecule has 0 radical (unpaired) electrons. The average Bonchev–Trinajstić information content (AvgIpc) is 2.32. The molecule has 0 unspecified atom stereocenters. The number of para-hydroxylation sites is 1. The zero-order valence-electron chi connectivity index (χ0n) is 9.57. The summed E-state index contributed by atoms with van der Waals surface area (Å²) >= 11 is 5.97. The first-order valence-corrected chi connectivity index (χ1v) is 5.48. The Morgan fingerprint density at radius 3 is 2.76 bits per heavy atom. The van der Waals surface area contributed by atoms with Gasteiger partial charge in [-0.2, -0.15) is 5.10 Å². The number of ether oxygens (including phenoxy) is 1. The Bertz CT molecular complexity index is 531. The fourth-order valence-electron chi connectivity index (χ4n) is 1.47. The first-order valence-electron chi connectivity index (χ1n) is 5.10. The van der Waals surface area contributed by atoms with E-state index in [9.17, 15) is 0 Å². The molecule has 2 aromatic rings. The van der Waals surface area contributed by atoms with E-state index in [-0.39, 0.29) is 0 Å². The zero-order valence-corrected chi connectivity index (χ0v) is 10.3. The monoisotopic (exact) mass is 249 g/mol. The summed E-state index contributed by atoms with van der Waals surface area (Å²) in [7, 11) is 1.55. The summed E-state index contributed by atoms with van der Waals surface area (Å²) in [6, 6.07) is 7.88. The maximum atomic E-state index is 5.97. The number of nitrogens with zero attached hydrogens (tertiary/aromatic N) is 2. The van der Waals surface area contributed by atoms with E-state index in [2.05, 4.69) is 15.5 Å². The minimum absolute atomic E-state index is 0.429. The van der Waals surface area contributed by atoms with Gasteiger partial charge in [-0.05, 0) is 18.6 Å². The van der Waals surface area contributed by atoms with E-state index in [1.54, 1.807) is 7.11 Å². The minimum atomic E-state index is 0.429. The Morgan fingerprint density at radius 1 is 1.29 bits per heavy atom. The maximum Gasteiger partial charge on any atom is 0.197 e. The maximum absolute atomic E-state index is 5.97. The summed E-state index contributed by atoms with van der Waals surface area (Å²) in [6.45, 7) is 2.01. The van der Waals surface area contributed by atoms with Crippen LogP contribution in [0.5, 0.6) is 5.75 Å². The van der Waals surface area contributed by atoms with E-state index in [0.29, 0.717) is 16.6 Å². The summed E-state index contributed by atoms with van der Waals surface area (Å²) in [5.74, 6) is 0.999. The van der Waals surface area contributed by atoms with Crippen LogP contribution in [0.3, 0.4) is 0 Å². The molecule has 0 aliphatic carbocycles. The summed E-state index contributed by atoms with van der Waals surface area (Å²) in [5.41, 5.74) is 2.05. The van der Waals surface area contributed by atoms with Gasteiger partial charge in [0, 0.05) is 5.69 Å². The molecule has 4 nitrogen and oxygen atoms in total. The van der Waals surface area contributed by atoms with Crippen molar-refractivity contribution in [2.24, 2.45) is 0 Å². The number of halogens is 1. The van der Waals surface area contributed by atoms with Crippen LogP contribution in [-0.2, 0) is 0 Å². The van der Waals surface area contributed by atoms with E-state index >= 15 is 0 Å². The summed E-state index contributed by atoms with van der Waals surface area (Å²) in [4.78, 5) is 0. The van der Waals surface area contributed by atoms with Gasteiger partial charge in [0.05, 0.1) is 13.3 Å². The molecule has 0 aliphatic heterocycles. The molecule has 1 N–H and O–H groups in total. The average molecular weight is 250 g/mol. The molecule has 0 atom stereocenters. The first kappa shape index (κ1) is 11.7. The highest BCUT2D eigenvalue weighted by atomic mass is 35.5. The number of hydrogen-bond acceptors (Lipinski definition) is 4. The van der Waals surface area contributed by atoms with Gasteiger partial charge in [-0.1, -0.05) is 29.8 Å². The topological polar surface area (TPSA) is 47.0 Å². The lowest BCUT2D eigenvalue weighted by atomic mass is 10.2. The van der Waals surface area contributed by atoms with Crippen molar-refractivity contribution in [3.05, 3.63) is 41.0 Å². The normalized spacial score (nSPS) is 10.1. The molecule has 0 fully saturated rings. The quantitative estimate of drug-likeness (QED) is 0.908. The molecular weight excluding hydrogens is 238 g/mol. The van der Waals surface area contributed by atoms with Crippen molar-refractivity contribution < 1.29 is 4.74 Å². The number of aromatic nitrogens is 2. The van der Waals surface area contributed by atoms with Crippen LogP contribution in [0.2, 0.25) is 5.02 Å². The number of anilines is 2. The van der Waals surface area contributed by atoms with E-state index in [4.69, 9.17) is 16.3 Å². The fraction of sp³-hybridized carbons (Fsp3) is 0.167. The van der Waals surface area contributed by atoms with Gasteiger partial charge in [0.25, 0.3) is 0 Å². The number of aryl methyl sites for hydroxylation is 1. The van der Waals surface area contributed by atoms with Crippen LogP contribution in [0.15, 0.2) is 30.5 Å². The second kappa shape index (κ2) is 5.01. The van der Waals surface area contributed by atoms with Crippen molar-refractivity contribution in [2.45, 2.75) is 6.92 Å². The van der Waals surface area contributed by atoms with E-state index in [1.807, 2.05) is 31.2 Å². The van der Waals surface area contributed by atoms with Gasteiger partial charge in [-0.15, -0.1) is 5.10 Å². The molecular formula is C12H12ClN3O. The number of benzene rings is 1. The van der Waals surface area contributed by atoms with E-state index in [1.165, 1.54) is 6.20 Å². The van der Waals surface area contributed by atoms with Crippen LogP contribution in [-0.4, -0.2) is 17.3 Å². The van der Waals surface area contributed by atoms with Crippen molar-refractivity contribution in [2.75, 3.05) is 12.4 Å². The second-order valence-corrected chi connectivity index (χ2v) is 3.92. The smallest absolute Gasteiger partial charge is 0.197 e. The summed E-state index contributed by atoms with van der Waals surface area (Å²) in [5, 5.41) is 11.3. The largest absolute Gasteiger partial charge is 0.491 e. The van der Waals surface area contributed by atoms with Crippen LogP contribution in [0.25, 0.3) is 0 Å². The number of rotatable bonds is 3. The van der Waals surface area contributed by atoms with Crippen LogP contribution in [0, 0.1) is 6.92 Å². The van der Waals surface area contributed by atoms with Gasteiger partial charge in [0.15, 0.2) is 11.6 Å². The number of methoxy groups -OCH3 is 1. The molecule has 0 amide bonds. The molecule has 0 spiro atoms. The van der Waals surface area contributed by atoms with Crippen molar-refractivity contribution in [3.8, 4) is 5.75 Å². The molecule has 0 saturated carbocycles. The van der Waals surface area contributed by atoms with Gasteiger partial charge >= 0.3 is 0 Å². The minimum Gasteiger partial charge on any atom is -0.491 e. The van der Waals surface area contributed by atoms with Gasteiger partial charge < -0.3 is 10.1 Å². The van der Waals surface area contributed by atoms with Gasteiger partial charge in [0.1, 0.15) is 5.02 Å². The van der Waals surface area contributed by atoms with E-state index in [0.717, 1.165) is 11.3 Å². The molecule has 1 heterocycles. The molecule has 88 valence electrons. The lowest BCUT2D eigenvalue weighted by molar-refractivity contribution is 0.414. The highest BCUT2D eigenvalue weighted by Crippen LogP contribution is 2.32. The number of hydrogen-bond donors (Lipinski definition) is 1. The molecule has 0 saturated heterocycles. The van der Waals surface area contributed by atoms with Gasteiger partial charge in [-0.3, -0.25) is 0 Å². The van der Waals surface area contributed by atoms with Crippen molar-refractivity contribution in [1.82, 2.24) is 10.2 Å². The SMILES string of the molecule is COc1c(Cl)cnnc1Nc1ccccc1C. The highest BCUT2D eigenvalue weighted by molar-refractivity contribution is 6.32. The van der Waals surface area contributed by atoms with Crippen LogP contribution in [0.1, 0.15) is 5.56 Å². The van der Waals surface area contributed by atoms with Crippen LogP contribution >= 0.6 is 11.6 Å². The lowest BCUT2D eigenvalue weighted by Gasteiger charge is -2.11. The predicted octanol–water partition coefficient (Wildman–Crippen LogP) is 3.19. The van der Waals surface area contributed by atoms with Crippen molar-refractivity contribution >= 4 is 23.1 Å². The Labute approximate surface area is 105 Å². The third kappa shape index (κ3) is 2.47. The Morgan fingerprint density at radius 2 is 2.06 bits per heavy atom. The fourth-order valence-corrected chi connectivity index (χ4v) is 1.68. The molecule has 2 rings (SSSR count). The molecule has 0 aliphatic rings. The summed E-state index contributed by atoms with van der Waals surface area (Å²) in [6.07, 6.45) is 1.45. The standard InChI is InChI=1S/C12H12ClN3O/c1-8-5-3-4-6-10(8)15-12-11(17-2)9(13)7-14-16-12/h3-7H,1-2H3,(H,15,16). The molecule has 5 heteroatoms. The Balaban J connectivity index is 2.37. The van der Waals surface area contributed by atoms with Crippen LogP contribution < -0.4 is 10.1 Å². The molecule has 0 bridgehead atoms. The van der Waals surface area contributed by atoms with Crippen molar-refractivity contribution in [1.29, 1.82) is 0 Å². The third-order valence-corrected chi connectivity index (χ3v) is 2.63. The van der Waals surface area contributed by atoms with Gasteiger partial charge in [0.2, 0.25) is 0 Å². The second-order valence-electron chi connectivity index (χ2n) is 3.51. The van der Waals surface area contributed by atoms with Crippen LogP contribution in [0.4, 0.5) is 11.5 Å². The van der Waals surface area contributed by atoms with E-state index < -0.39 is 0 Å². The molecule has 1 aromatic carbocycles. The molecule has 1 aromatic heterocycles. The molecule has 17 heavy (non-hydrogen) atoms. The van der Waals surface area contributed by atoms with Gasteiger partial charge in [-0.25, -0.2) is 0 Å².